The predicted molar refractivity (Wildman–Crippen MR) is 99.0 cm³/mol. The highest BCUT2D eigenvalue weighted by atomic mass is 19.1. The van der Waals surface area contributed by atoms with Crippen molar-refractivity contribution in [1.29, 1.82) is 0 Å². The van der Waals surface area contributed by atoms with Crippen LogP contribution in [0.15, 0.2) is 18.2 Å². The van der Waals surface area contributed by atoms with Gasteiger partial charge in [0.05, 0.1) is 7.11 Å². The molecule has 2 aliphatic heterocycles. The van der Waals surface area contributed by atoms with Crippen molar-refractivity contribution in [3.63, 3.8) is 0 Å². The number of hydrogen-bond donors (Lipinski definition) is 2. The summed E-state index contributed by atoms with van der Waals surface area (Å²) in [4.78, 5) is 14.4. The van der Waals surface area contributed by atoms with Crippen LogP contribution in [0.3, 0.4) is 0 Å². The Morgan fingerprint density at radius 2 is 2.19 bits per heavy atom. The van der Waals surface area contributed by atoms with Crippen LogP contribution in [-0.2, 0) is 16.1 Å². The number of amides is 1. The van der Waals surface area contributed by atoms with Crippen LogP contribution < -0.4 is 10.1 Å². The number of rotatable bonds is 7. The Balaban J connectivity index is 1.59. The van der Waals surface area contributed by atoms with E-state index in [1.807, 2.05) is 0 Å². The molecule has 1 amide bonds. The standard InChI is InChI=1S/C20H29FN2O4/c1-26-17-3-4-18(21)16(11-17)13-23-8-2-7-20(25,19(23)24)14-22-12-15-5-9-27-10-6-15/h3-4,11,15,22,25H,2,5-10,12-14H2,1H3/t20-/m0/s1. The maximum Gasteiger partial charge on any atom is 0.256 e. The first-order valence-corrected chi connectivity index (χ1v) is 9.64. The first-order valence-electron chi connectivity index (χ1n) is 9.64. The van der Waals surface area contributed by atoms with Crippen molar-refractivity contribution in [2.75, 3.05) is 40.0 Å². The summed E-state index contributed by atoms with van der Waals surface area (Å²) < 4.78 is 24.6. The molecule has 0 bridgehead atoms. The highest BCUT2D eigenvalue weighted by Gasteiger charge is 2.42. The van der Waals surface area contributed by atoms with E-state index in [1.54, 1.807) is 12.1 Å². The molecule has 0 unspecified atom stereocenters. The second-order valence-corrected chi connectivity index (χ2v) is 7.51. The van der Waals surface area contributed by atoms with Gasteiger partial charge in [-0.25, -0.2) is 4.39 Å². The van der Waals surface area contributed by atoms with Crippen LogP contribution in [0.5, 0.6) is 5.75 Å². The molecule has 2 saturated heterocycles. The van der Waals surface area contributed by atoms with Crippen LogP contribution in [0.4, 0.5) is 4.39 Å². The first kappa shape index (κ1) is 20.0. The number of carbonyl (C=O) groups excluding carboxylic acids is 1. The molecule has 1 atom stereocenters. The zero-order valence-electron chi connectivity index (χ0n) is 15.9. The van der Waals surface area contributed by atoms with E-state index in [-0.39, 0.29) is 24.8 Å². The van der Waals surface area contributed by atoms with Gasteiger partial charge in [0.2, 0.25) is 0 Å². The molecule has 2 heterocycles. The van der Waals surface area contributed by atoms with Crippen molar-refractivity contribution in [2.45, 2.75) is 37.8 Å². The summed E-state index contributed by atoms with van der Waals surface area (Å²) in [6.45, 7) is 3.18. The molecule has 6 nitrogen and oxygen atoms in total. The van der Waals surface area contributed by atoms with Crippen LogP contribution in [-0.4, -0.2) is 61.5 Å². The number of benzene rings is 1. The van der Waals surface area contributed by atoms with Gasteiger partial charge in [-0.2, -0.15) is 0 Å². The number of hydrogen-bond acceptors (Lipinski definition) is 5. The molecule has 1 aromatic carbocycles. The zero-order chi connectivity index (χ0) is 19.3. The maximum absolute atomic E-state index is 14.1. The molecule has 27 heavy (non-hydrogen) atoms. The monoisotopic (exact) mass is 380 g/mol. The Kier molecular flexibility index (Phi) is 6.68. The molecule has 0 aliphatic carbocycles. The van der Waals surface area contributed by atoms with Crippen LogP contribution in [0.1, 0.15) is 31.2 Å². The third kappa shape index (κ3) is 4.97. The average molecular weight is 380 g/mol. The number of carbonyl (C=O) groups is 1. The molecule has 1 aromatic rings. The fourth-order valence-corrected chi connectivity index (χ4v) is 3.82. The predicted octanol–water partition coefficient (Wildman–Crippen LogP) is 1.70. The zero-order valence-corrected chi connectivity index (χ0v) is 15.9. The van der Waals surface area contributed by atoms with Crippen LogP contribution in [0.2, 0.25) is 0 Å². The van der Waals surface area contributed by atoms with Crippen molar-refractivity contribution in [3.05, 3.63) is 29.6 Å². The van der Waals surface area contributed by atoms with Gasteiger partial charge in [-0.15, -0.1) is 0 Å². The minimum absolute atomic E-state index is 0.129. The van der Waals surface area contributed by atoms with Gasteiger partial charge in [-0.3, -0.25) is 4.79 Å². The van der Waals surface area contributed by atoms with E-state index in [0.29, 0.717) is 36.6 Å². The Hall–Kier alpha value is -1.70. The summed E-state index contributed by atoms with van der Waals surface area (Å²) in [5.41, 5.74) is -1.04. The molecule has 0 spiro atoms. The number of nitrogens with one attached hydrogen (secondary N) is 1. The number of ether oxygens (including phenoxy) is 2. The van der Waals surface area contributed by atoms with E-state index in [2.05, 4.69) is 5.32 Å². The van der Waals surface area contributed by atoms with Gasteiger partial charge in [0.1, 0.15) is 11.6 Å². The first-order chi connectivity index (χ1) is 13.0. The normalized spacial score (nSPS) is 24.3. The van der Waals surface area contributed by atoms with Gasteiger partial charge in [-0.05, 0) is 56.3 Å². The Bertz CT molecular complexity index is 651. The van der Waals surface area contributed by atoms with Crippen molar-refractivity contribution >= 4 is 5.91 Å². The molecule has 0 aromatic heterocycles. The van der Waals surface area contributed by atoms with E-state index in [9.17, 15) is 14.3 Å². The average Bonchev–Trinajstić information content (AvgIpc) is 2.68. The largest absolute Gasteiger partial charge is 0.497 e. The van der Waals surface area contributed by atoms with E-state index in [4.69, 9.17) is 9.47 Å². The minimum atomic E-state index is -1.43. The van der Waals surface area contributed by atoms with Gasteiger partial charge >= 0.3 is 0 Å². The summed E-state index contributed by atoms with van der Waals surface area (Å²) in [7, 11) is 1.52. The van der Waals surface area contributed by atoms with Crippen molar-refractivity contribution < 1.29 is 23.8 Å². The lowest BCUT2D eigenvalue weighted by atomic mass is 9.90. The van der Waals surface area contributed by atoms with Gasteiger partial charge in [0, 0.05) is 38.4 Å². The summed E-state index contributed by atoms with van der Waals surface area (Å²) >= 11 is 0. The molecule has 0 radical (unpaired) electrons. The van der Waals surface area contributed by atoms with Gasteiger partial charge < -0.3 is 24.8 Å². The highest BCUT2D eigenvalue weighted by molar-refractivity contribution is 5.86. The lowest BCUT2D eigenvalue weighted by molar-refractivity contribution is -0.157. The lowest BCUT2D eigenvalue weighted by Crippen LogP contribution is -2.58. The van der Waals surface area contributed by atoms with Crippen LogP contribution >= 0.6 is 0 Å². The molecular formula is C20H29FN2O4. The van der Waals surface area contributed by atoms with Crippen LogP contribution in [0, 0.1) is 11.7 Å². The van der Waals surface area contributed by atoms with E-state index < -0.39 is 5.60 Å². The summed E-state index contributed by atoms with van der Waals surface area (Å²) in [5.74, 6) is 0.345. The summed E-state index contributed by atoms with van der Waals surface area (Å²) in [6, 6.07) is 4.48. The number of methoxy groups -OCH3 is 1. The fraction of sp³-hybridized carbons (Fsp3) is 0.650. The molecular weight excluding hydrogens is 351 g/mol. The molecule has 2 aliphatic rings. The molecule has 2 N–H and O–H groups in total. The van der Waals surface area contributed by atoms with E-state index in [0.717, 1.165) is 32.6 Å². The van der Waals surface area contributed by atoms with Gasteiger partial charge in [-0.1, -0.05) is 0 Å². The molecule has 150 valence electrons. The third-order valence-electron chi connectivity index (χ3n) is 5.51. The summed E-state index contributed by atoms with van der Waals surface area (Å²) in [5, 5.41) is 14.2. The van der Waals surface area contributed by atoms with Crippen molar-refractivity contribution in [2.24, 2.45) is 5.92 Å². The minimum Gasteiger partial charge on any atom is -0.497 e. The maximum atomic E-state index is 14.1. The number of halogens is 1. The second kappa shape index (κ2) is 8.99. The highest BCUT2D eigenvalue weighted by Crippen LogP contribution is 2.26. The number of nitrogens with zero attached hydrogens (tertiary/aromatic N) is 1. The fourth-order valence-electron chi connectivity index (χ4n) is 3.82. The Labute approximate surface area is 159 Å². The topological polar surface area (TPSA) is 71.0 Å². The van der Waals surface area contributed by atoms with E-state index in [1.165, 1.54) is 18.1 Å². The van der Waals surface area contributed by atoms with Crippen molar-refractivity contribution in [1.82, 2.24) is 10.2 Å². The van der Waals surface area contributed by atoms with E-state index >= 15 is 0 Å². The Morgan fingerprint density at radius 1 is 1.41 bits per heavy atom. The number of aliphatic hydroxyl groups is 1. The quantitative estimate of drug-likeness (QED) is 0.754. The second-order valence-electron chi connectivity index (χ2n) is 7.51. The smallest absolute Gasteiger partial charge is 0.256 e. The van der Waals surface area contributed by atoms with Gasteiger partial charge in [0.25, 0.3) is 5.91 Å². The molecule has 0 saturated carbocycles. The molecule has 7 heteroatoms. The lowest BCUT2D eigenvalue weighted by Gasteiger charge is -2.38. The van der Waals surface area contributed by atoms with Crippen molar-refractivity contribution in [3.8, 4) is 5.75 Å². The molecule has 2 fully saturated rings. The SMILES string of the molecule is COc1ccc(F)c(CN2CCC[C@](O)(CNCC3CCOCC3)C2=O)c1. The number of likely N-dealkylation sites (tertiary alicyclic amines) is 1. The molecule has 3 rings (SSSR count). The van der Waals surface area contributed by atoms with Gasteiger partial charge in [0.15, 0.2) is 5.60 Å². The number of piperidine rings is 1. The Morgan fingerprint density at radius 3 is 2.93 bits per heavy atom. The summed E-state index contributed by atoms with van der Waals surface area (Å²) in [6.07, 6.45) is 3.11. The van der Waals surface area contributed by atoms with Crippen LogP contribution in [0.25, 0.3) is 0 Å². The third-order valence-corrected chi connectivity index (χ3v) is 5.51.